The minimum atomic E-state index is -0.0851. The Bertz CT molecular complexity index is 193. The van der Waals surface area contributed by atoms with Crippen LogP contribution in [0.25, 0.3) is 0 Å². The Morgan fingerprint density at radius 2 is 2.33 bits per heavy atom. The lowest BCUT2D eigenvalue weighted by molar-refractivity contribution is -0.149. The summed E-state index contributed by atoms with van der Waals surface area (Å²) in [4.78, 5) is 11.4. The summed E-state index contributed by atoms with van der Waals surface area (Å²) in [6, 6.07) is 0. The van der Waals surface area contributed by atoms with Crippen LogP contribution in [0.2, 0.25) is 0 Å². The third-order valence-electron chi connectivity index (χ3n) is 3.22. The van der Waals surface area contributed by atoms with Crippen molar-refractivity contribution in [3.05, 3.63) is 0 Å². The summed E-state index contributed by atoms with van der Waals surface area (Å²) in [6.07, 6.45) is 3.20. The molecule has 0 aromatic rings. The molecule has 0 bridgehead atoms. The summed E-state index contributed by atoms with van der Waals surface area (Å²) < 4.78 is 4.82. The maximum atomic E-state index is 11.4. The molecule has 0 amide bonds. The van der Waals surface area contributed by atoms with Crippen LogP contribution in [0.1, 0.15) is 19.3 Å². The van der Waals surface area contributed by atoms with Gasteiger partial charge in [0.25, 0.3) is 0 Å². The summed E-state index contributed by atoms with van der Waals surface area (Å²) in [5, 5.41) is 3.29. The fourth-order valence-electron chi connectivity index (χ4n) is 2.24. The highest BCUT2D eigenvalue weighted by molar-refractivity contribution is 5.80. The van der Waals surface area contributed by atoms with Crippen LogP contribution in [0.3, 0.4) is 0 Å². The van der Waals surface area contributed by atoms with Crippen molar-refractivity contribution >= 4 is 5.97 Å². The zero-order valence-electron chi connectivity index (χ0n) is 7.43. The Balaban J connectivity index is 2.05. The number of hydrogen-bond donors (Lipinski definition) is 1. The summed E-state index contributed by atoms with van der Waals surface area (Å²) >= 11 is 0. The quantitative estimate of drug-likeness (QED) is 0.613. The van der Waals surface area contributed by atoms with Gasteiger partial charge in [-0.3, -0.25) is 4.79 Å². The summed E-state index contributed by atoms with van der Waals surface area (Å²) in [7, 11) is 1.49. The predicted molar refractivity (Wildman–Crippen MR) is 44.7 cm³/mol. The molecule has 2 fully saturated rings. The molecule has 1 saturated heterocycles. The Morgan fingerprint density at radius 3 is 2.75 bits per heavy atom. The number of carbonyl (C=O) groups excluding carboxylic acids is 1. The lowest BCUT2D eigenvalue weighted by Gasteiger charge is -2.18. The molecular weight excluding hydrogens is 154 g/mol. The normalized spacial score (nSPS) is 31.6. The predicted octanol–water partition coefficient (Wildman–Crippen LogP) is 0.549. The van der Waals surface area contributed by atoms with Crippen LogP contribution in [-0.4, -0.2) is 26.2 Å². The SMILES string of the molecule is COC(=O)C1(C2CCNC2)CC1. The van der Waals surface area contributed by atoms with Gasteiger partial charge >= 0.3 is 5.97 Å². The molecule has 2 rings (SSSR count). The van der Waals surface area contributed by atoms with E-state index in [1.54, 1.807) is 0 Å². The van der Waals surface area contributed by atoms with Crippen molar-refractivity contribution in [2.75, 3.05) is 20.2 Å². The van der Waals surface area contributed by atoms with Gasteiger partial charge in [0, 0.05) is 0 Å². The molecule has 12 heavy (non-hydrogen) atoms. The van der Waals surface area contributed by atoms with E-state index in [-0.39, 0.29) is 11.4 Å². The second kappa shape index (κ2) is 2.73. The average Bonchev–Trinajstić information content (AvgIpc) is 2.73. The van der Waals surface area contributed by atoms with Gasteiger partial charge in [-0.05, 0) is 38.3 Å². The number of rotatable bonds is 2. The van der Waals surface area contributed by atoms with E-state index in [9.17, 15) is 4.79 Å². The van der Waals surface area contributed by atoms with Gasteiger partial charge < -0.3 is 10.1 Å². The third kappa shape index (κ3) is 1.04. The van der Waals surface area contributed by atoms with Gasteiger partial charge in [0.1, 0.15) is 0 Å². The second-order valence-electron chi connectivity index (χ2n) is 3.84. The summed E-state index contributed by atoms with van der Waals surface area (Å²) in [5.74, 6) is 0.543. The van der Waals surface area contributed by atoms with Gasteiger partial charge in [0.05, 0.1) is 12.5 Å². The molecule has 2 aliphatic rings. The number of ether oxygens (including phenoxy) is 1. The van der Waals surface area contributed by atoms with Gasteiger partial charge in [-0.25, -0.2) is 0 Å². The van der Waals surface area contributed by atoms with Crippen molar-refractivity contribution in [1.82, 2.24) is 5.32 Å². The van der Waals surface area contributed by atoms with Crippen LogP contribution in [0.5, 0.6) is 0 Å². The van der Waals surface area contributed by atoms with E-state index in [2.05, 4.69) is 5.32 Å². The van der Waals surface area contributed by atoms with Crippen molar-refractivity contribution in [2.45, 2.75) is 19.3 Å². The number of methoxy groups -OCH3 is 1. The van der Waals surface area contributed by atoms with Crippen LogP contribution < -0.4 is 5.32 Å². The molecule has 1 saturated carbocycles. The highest BCUT2D eigenvalue weighted by Gasteiger charge is 2.56. The first-order valence-corrected chi connectivity index (χ1v) is 4.59. The molecule has 0 radical (unpaired) electrons. The average molecular weight is 169 g/mol. The largest absolute Gasteiger partial charge is 0.469 e. The Morgan fingerprint density at radius 1 is 1.58 bits per heavy atom. The number of esters is 1. The maximum Gasteiger partial charge on any atom is 0.312 e. The molecule has 1 N–H and O–H groups in total. The van der Waals surface area contributed by atoms with Gasteiger partial charge in [0.2, 0.25) is 0 Å². The summed E-state index contributed by atoms with van der Waals surface area (Å²) in [5.41, 5.74) is -0.0851. The van der Waals surface area contributed by atoms with Crippen LogP contribution in [0.15, 0.2) is 0 Å². The lowest BCUT2D eigenvalue weighted by Crippen LogP contribution is -2.28. The molecule has 1 unspecified atom stereocenters. The van der Waals surface area contributed by atoms with Crippen LogP contribution in [-0.2, 0) is 9.53 Å². The van der Waals surface area contributed by atoms with Gasteiger partial charge in [0.15, 0.2) is 0 Å². The van der Waals surface area contributed by atoms with Gasteiger partial charge in [-0.2, -0.15) is 0 Å². The molecule has 68 valence electrons. The van der Waals surface area contributed by atoms with E-state index in [0.717, 1.165) is 32.4 Å². The molecule has 3 nitrogen and oxygen atoms in total. The zero-order chi connectivity index (χ0) is 8.60. The smallest absolute Gasteiger partial charge is 0.312 e. The highest BCUT2D eigenvalue weighted by Crippen LogP contribution is 2.54. The topological polar surface area (TPSA) is 38.3 Å². The Hall–Kier alpha value is -0.570. The van der Waals surface area contributed by atoms with Crippen molar-refractivity contribution in [3.63, 3.8) is 0 Å². The van der Waals surface area contributed by atoms with Crippen LogP contribution in [0.4, 0.5) is 0 Å². The first-order chi connectivity index (χ1) is 5.79. The molecule has 3 heteroatoms. The number of hydrogen-bond acceptors (Lipinski definition) is 3. The Labute approximate surface area is 72.5 Å². The van der Waals surface area contributed by atoms with Gasteiger partial charge in [-0.1, -0.05) is 0 Å². The van der Waals surface area contributed by atoms with Crippen molar-refractivity contribution in [1.29, 1.82) is 0 Å². The minimum Gasteiger partial charge on any atom is -0.469 e. The van der Waals surface area contributed by atoms with E-state index in [1.807, 2.05) is 0 Å². The lowest BCUT2D eigenvalue weighted by atomic mass is 9.88. The second-order valence-corrected chi connectivity index (χ2v) is 3.84. The van der Waals surface area contributed by atoms with Crippen molar-refractivity contribution < 1.29 is 9.53 Å². The fourth-order valence-corrected chi connectivity index (χ4v) is 2.24. The van der Waals surface area contributed by atoms with Crippen molar-refractivity contribution in [2.24, 2.45) is 11.3 Å². The minimum absolute atomic E-state index is 0.0104. The van der Waals surface area contributed by atoms with E-state index < -0.39 is 0 Å². The third-order valence-corrected chi connectivity index (χ3v) is 3.22. The van der Waals surface area contributed by atoms with Gasteiger partial charge in [-0.15, -0.1) is 0 Å². The monoisotopic (exact) mass is 169 g/mol. The van der Waals surface area contributed by atoms with E-state index in [0.29, 0.717) is 5.92 Å². The molecule has 1 atom stereocenters. The Kier molecular flexibility index (Phi) is 1.83. The molecule has 0 aromatic carbocycles. The van der Waals surface area contributed by atoms with E-state index in [4.69, 9.17) is 4.74 Å². The zero-order valence-corrected chi connectivity index (χ0v) is 7.43. The highest BCUT2D eigenvalue weighted by atomic mass is 16.5. The standard InChI is InChI=1S/C9H15NO2/c1-12-8(11)9(3-4-9)7-2-5-10-6-7/h7,10H,2-6H2,1H3. The molecule has 1 aliphatic heterocycles. The first-order valence-electron chi connectivity index (χ1n) is 4.59. The number of carbonyl (C=O) groups is 1. The molecule has 0 spiro atoms. The maximum absolute atomic E-state index is 11.4. The van der Waals surface area contributed by atoms with E-state index in [1.165, 1.54) is 7.11 Å². The first kappa shape index (κ1) is 8.05. The molecular formula is C9H15NO2. The molecule has 1 heterocycles. The summed E-state index contributed by atoms with van der Waals surface area (Å²) in [6.45, 7) is 2.05. The van der Waals surface area contributed by atoms with Crippen LogP contribution >= 0.6 is 0 Å². The number of nitrogens with one attached hydrogen (secondary N) is 1. The molecule has 1 aliphatic carbocycles. The van der Waals surface area contributed by atoms with Crippen molar-refractivity contribution in [3.8, 4) is 0 Å². The fraction of sp³-hybridized carbons (Fsp3) is 0.889. The molecule has 0 aromatic heterocycles. The van der Waals surface area contributed by atoms with Crippen LogP contribution in [0, 0.1) is 11.3 Å². The van der Waals surface area contributed by atoms with E-state index >= 15 is 0 Å².